The van der Waals surface area contributed by atoms with Crippen LogP contribution in [0.4, 0.5) is 4.39 Å². The molecule has 5 nitrogen and oxygen atoms in total. The number of carbonyl (C=O) groups is 1. The molecule has 0 aliphatic heterocycles. The molecule has 0 aliphatic carbocycles. The van der Waals surface area contributed by atoms with Crippen LogP contribution in [0.2, 0.25) is 0 Å². The molecule has 0 radical (unpaired) electrons. The number of amides is 1. The number of H-pyrrole nitrogens is 1. The van der Waals surface area contributed by atoms with E-state index in [-0.39, 0.29) is 11.7 Å². The van der Waals surface area contributed by atoms with Crippen molar-refractivity contribution in [3.63, 3.8) is 0 Å². The first-order valence-electron chi connectivity index (χ1n) is 9.73. The van der Waals surface area contributed by atoms with Gasteiger partial charge in [0, 0.05) is 54.4 Å². The summed E-state index contributed by atoms with van der Waals surface area (Å²) in [4.78, 5) is 15.7. The number of fused-ring (bicyclic) bond motifs is 2. The van der Waals surface area contributed by atoms with Gasteiger partial charge >= 0.3 is 0 Å². The highest BCUT2D eigenvalue weighted by atomic mass is 19.1. The Labute approximate surface area is 168 Å². The monoisotopic (exact) mass is 393 g/mol. The Morgan fingerprint density at radius 1 is 1.17 bits per heavy atom. The number of hydrogen-bond donors (Lipinski definition) is 2. The number of hydrogen-bond acceptors (Lipinski definition) is 2. The van der Waals surface area contributed by atoms with E-state index in [1.807, 2.05) is 30.6 Å². The van der Waals surface area contributed by atoms with Crippen LogP contribution in [0.5, 0.6) is 0 Å². The zero-order valence-corrected chi connectivity index (χ0v) is 16.4. The van der Waals surface area contributed by atoms with Crippen LogP contribution in [0.15, 0.2) is 54.9 Å². The number of para-hydroxylation sites is 1. The van der Waals surface area contributed by atoms with Crippen molar-refractivity contribution < 1.29 is 13.9 Å². The molecule has 2 aromatic carbocycles. The van der Waals surface area contributed by atoms with E-state index in [2.05, 4.69) is 20.9 Å². The molecule has 1 amide bonds. The molecule has 0 saturated heterocycles. The fraction of sp³-hybridized carbons (Fsp3) is 0.261. The molecule has 2 N–H and O–H groups in total. The molecular formula is C23H24FN3O2. The third-order valence-electron chi connectivity index (χ3n) is 5.20. The maximum Gasteiger partial charge on any atom is 0.224 e. The molecule has 29 heavy (non-hydrogen) atoms. The highest BCUT2D eigenvalue weighted by molar-refractivity contribution is 5.89. The number of methoxy groups -OCH3 is 1. The van der Waals surface area contributed by atoms with E-state index in [4.69, 9.17) is 4.74 Å². The molecular weight excluding hydrogens is 369 g/mol. The lowest BCUT2D eigenvalue weighted by Gasteiger charge is -2.05. The van der Waals surface area contributed by atoms with Crippen LogP contribution in [0.25, 0.3) is 21.8 Å². The predicted molar refractivity (Wildman–Crippen MR) is 112 cm³/mol. The minimum atomic E-state index is -0.257. The minimum Gasteiger partial charge on any atom is -0.383 e. The second-order valence-corrected chi connectivity index (χ2v) is 7.14. The molecule has 0 spiro atoms. The van der Waals surface area contributed by atoms with E-state index in [9.17, 15) is 9.18 Å². The maximum atomic E-state index is 13.5. The Morgan fingerprint density at radius 3 is 2.90 bits per heavy atom. The van der Waals surface area contributed by atoms with E-state index in [0.29, 0.717) is 26.0 Å². The van der Waals surface area contributed by atoms with Gasteiger partial charge in [-0.05, 0) is 41.8 Å². The van der Waals surface area contributed by atoms with Crippen LogP contribution in [0.3, 0.4) is 0 Å². The first-order chi connectivity index (χ1) is 14.2. The summed E-state index contributed by atoms with van der Waals surface area (Å²) in [6.45, 7) is 1.87. The number of halogens is 1. The largest absolute Gasteiger partial charge is 0.383 e. The SMILES string of the molecule is COCCn1cc(CC(=O)NCCc2c[nH]c3ccc(F)cc23)c2ccccc21. The third-order valence-corrected chi connectivity index (χ3v) is 5.20. The number of aromatic amines is 1. The van der Waals surface area contributed by atoms with Crippen molar-refractivity contribution in [2.45, 2.75) is 19.4 Å². The molecule has 4 aromatic rings. The van der Waals surface area contributed by atoms with Crippen LogP contribution in [0.1, 0.15) is 11.1 Å². The standard InChI is InChI=1S/C23H24FN3O2/c1-29-11-10-27-15-17(19-4-2-3-5-22(19)27)12-23(28)25-9-8-16-14-26-21-7-6-18(24)13-20(16)21/h2-7,13-15,26H,8-12H2,1H3,(H,25,28). The first-order valence-corrected chi connectivity index (χ1v) is 9.73. The van der Waals surface area contributed by atoms with Crippen molar-refractivity contribution in [1.29, 1.82) is 0 Å². The molecule has 150 valence electrons. The molecule has 6 heteroatoms. The molecule has 0 saturated carbocycles. The van der Waals surface area contributed by atoms with Gasteiger partial charge in [0.1, 0.15) is 5.82 Å². The molecule has 2 heterocycles. The van der Waals surface area contributed by atoms with Gasteiger partial charge in [-0.1, -0.05) is 18.2 Å². The Kier molecular flexibility index (Phi) is 5.62. The number of nitrogens with one attached hydrogen (secondary N) is 2. The fourth-order valence-corrected chi connectivity index (χ4v) is 3.77. The van der Waals surface area contributed by atoms with Gasteiger partial charge in [-0.15, -0.1) is 0 Å². The Bertz CT molecular complexity index is 1150. The van der Waals surface area contributed by atoms with Crippen molar-refractivity contribution in [1.82, 2.24) is 14.9 Å². The van der Waals surface area contributed by atoms with Crippen LogP contribution in [-0.2, 0) is 28.9 Å². The summed E-state index contributed by atoms with van der Waals surface area (Å²) < 4.78 is 20.8. The second kappa shape index (κ2) is 8.49. The van der Waals surface area contributed by atoms with Crippen molar-refractivity contribution >= 4 is 27.7 Å². The number of carbonyl (C=O) groups excluding carboxylic acids is 1. The highest BCUT2D eigenvalue weighted by Crippen LogP contribution is 2.22. The maximum absolute atomic E-state index is 13.5. The summed E-state index contributed by atoms with van der Waals surface area (Å²) in [6, 6.07) is 12.8. The number of benzene rings is 2. The smallest absolute Gasteiger partial charge is 0.224 e. The lowest BCUT2D eigenvalue weighted by molar-refractivity contribution is -0.120. The van der Waals surface area contributed by atoms with E-state index in [0.717, 1.165) is 39.5 Å². The highest BCUT2D eigenvalue weighted by Gasteiger charge is 2.12. The molecule has 0 unspecified atom stereocenters. The lowest BCUT2D eigenvalue weighted by atomic mass is 10.1. The number of ether oxygens (including phenoxy) is 1. The van der Waals surface area contributed by atoms with Gasteiger partial charge in [0.15, 0.2) is 0 Å². The Morgan fingerprint density at radius 2 is 2.03 bits per heavy atom. The van der Waals surface area contributed by atoms with Crippen LogP contribution in [0, 0.1) is 5.82 Å². The van der Waals surface area contributed by atoms with E-state index >= 15 is 0 Å². The van der Waals surface area contributed by atoms with Gasteiger partial charge in [0.25, 0.3) is 0 Å². The van der Waals surface area contributed by atoms with Crippen molar-refractivity contribution in [2.75, 3.05) is 20.3 Å². The summed E-state index contributed by atoms with van der Waals surface area (Å²) in [5.41, 5.74) is 4.00. The average molecular weight is 393 g/mol. The van der Waals surface area contributed by atoms with Crippen molar-refractivity contribution in [3.05, 3.63) is 71.8 Å². The zero-order valence-electron chi connectivity index (χ0n) is 16.4. The fourth-order valence-electron chi connectivity index (χ4n) is 3.77. The minimum absolute atomic E-state index is 0.0225. The molecule has 2 aromatic heterocycles. The van der Waals surface area contributed by atoms with Gasteiger partial charge in [0.2, 0.25) is 5.91 Å². The number of rotatable bonds is 8. The van der Waals surface area contributed by atoms with Crippen molar-refractivity contribution in [2.24, 2.45) is 0 Å². The Balaban J connectivity index is 1.40. The van der Waals surface area contributed by atoms with Crippen LogP contribution < -0.4 is 5.32 Å². The quantitative estimate of drug-likeness (QED) is 0.478. The summed E-state index contributed by atoms with van der Waals surface area (Å²) in [5, 5.41) is 4.94. The molecule has 0 bridgehead atoms. The molecule has 0 aliphatic rings. The van der Waals surface area contributed by atoms with Gasteiger partial charge in [-0.2, -0.15) is 0 Å². The van der Waals surface area contributed by atoms with Crippen LogP contribution in [-0.4, -0.2) is 35.7 Å². The van der Waals surface area contributed by atoms with Crippen molar-refractivity contribution in [3.8, 4) is 0 Å². The predicted octanol–water partition coefficient (Wildman–Crippen LogP) is 3.81. The number of nitrogens with zero attached hydrogens (tertiary/aromatic N) is 1. The Hall–Kier alpha value is -3.12. The third kappa shape index (κ3) is 4.17. The lowest BCUT2D eigenvalue weighted by Crippen LogP contribution is -2.27. The normalized spacial score (nSPS) is 11.4. The van der Waals surface area contributed by atoms with E-state index in [1.54, 1.807) is 13.2 Å². The summed E-state index contributed by atoms with van der Waals surface area (Å²) in [5.74, 6) is -0.280. The van der Waals surface area contributed by atoms with Gasteiger partial charge in [-0.25, -0.2) is 4.39 Å². The van der Waals surface area contributed by atoms with Gasteiger partial charge in [0.05, 0.1) is 13.0 Å². The molecule has 0 fully saturated rings. The number of aromatic nitrogens is 2. The van der Waals surface area contributed by atoms with E-state index < -0.39 is 0 Å². The zero-order chi connectivity index (χ0) is 20.2. The summed E-state index contributed by atoms with van der Waals surface area (Å²) in [6.07, 6.45) is 4.87. The summed E-state index contributed by atoms with van der Waals surface area (Å²) >= 11 is 0. The summed E-state index contributed by atoms with van der Waals surface area (Å²) in [7, 11) is 1.68. The first kappa shape index (κ1) is 19.2. The average Bonchev–Trinajstić information content (AvgIpc) is 3.28. The van der Waals surface area contributed by atoms with Crippen LogP contribution >= 0.6 is 0 Å². The topological polar surface area (TPSA) is 59.0 Å². The van der Waals surface area contributed by atoms with Gasteiger partial charge < -0.3 is 19.6 Å². The molecule has 4 rings (SSSR count). The van der Waals surface area contributed by atoms with E-state index in [1.165, 1.54) is 12.1 Å². The second-order valence-electron chi connectivity index (χ2n) is 7.14. The molecule has 0 atom stereocenters. The van der Waals surface area contributed by atoms with Gasteiger partial charge in [-0.3, -0.25) is 4.79 Å².